The van der Waals surface area contributed by atoms with Gasteiger partial charge in [-0.25, -0.2) is 0 Å². The Kier molecular flexibility index (Phi) is 6.95. The van der Waals surface area contributed by atoms with Gasteiger partial charge in [0, 0.05) is 41.3 Å². The van der Waals surface area contributed by atoms with Crippen molar-refractivity contribution in [1.29, 1.82) is 0 Å². The van der Waals surface area contributed by atoms with Gasteiger partial charge in [-0.2, -0.15) is 0 Å². The SMILES string of the molecule is Nc1ccc(Cl)c(-c2ccccn2)c1.O=[N+]([O-])c1ccc(Cl)c(-c2ccccn2)c1. The predicted octanol–water partition coefficient (Wildman–Crippen LogP) is 6.29. The number of anilines is 1. The number of benzene rings is 2. The van der Waals surface area contributed by atoms with E-state index in [1.165, 1.54) is 18.2 Å². The molecule has 8 heteroatoms. The van der Waals surface area contributed by atoms with Crippen LogP contribution in [0.15, 0.2) is 85.2 Å². The van der Waals surface area contributed by atoms with E-state index in [4.69, 9.17) is 28.9 Å². The molecule has 0 saturated heterocycles. The van der Waals surface area contributed by atoms with Crippen molar-refractivity contribution >= 4 is 34.6 Å². The summed E-state index contributed by atoms with van der Waals surface area (Å²) < 4.78 is 0. The first-order valence-electron chi connectivity index (χ1n) is 8.77. The molecule has 0 saturated carbocycles. The fourth-order valence-electron chi connectivity index (χ4n) is 2.61. The lowest BCUT2D eigenvalue weighted by molar-refractivity contribution is -0.384. The van der Waals surface area contributed by atoms with Crippen LogP contribution in [-0.2, 0) is 0 Å². The number of nitrogen functional groups attached to an aromatic ring is 1. The Hall–Kier alpha value is -3.48. The van der Waals surface area contributed by atoms with E-state index in [0.29, 0.717) is 27.0 Å². The van der Waals surface area contributed by atoms with Crippen molar-refractivity contribution < 1.29 is 4.92 Å². The lowest BCUT2D eigenvalue weighted by atomic mass is 10.1. The van der Waals surface area contributed by atoms with Gasteiger partial charge in [0.25, 0.3) is 5.69 Å². The van der Waals surface area contributed by atoms with Crippen molar-refractivity contribution in [3.63, 3.8) is 0 Å². The van der Waals surface area contributed by atoms with Crippen LogP contribution < -0.4 is 5.73 Å². The maximum Gasteiger partial charge on any atom is 0.270 e. The van der Waals surface area contributed by atoms with Crippen LogP contribution in [-0.4, -0.2) is 14.9 Å². The molecule has 4 rings (SSSR count). The zero-order valence-corrected chi connectivity index (χ0v) is 17.1. The molecule has 30 heavy (non-hydrogen) atoms. The molecule has 0 unspecified atom stereocenters. The van der Waals surface area contributed by atoms with Gasteiger partial charge >= 0.3 is 0 Å². The van der Waals surface area contributed by atoms with E-state index in [0.717, 1.165) is 11.3 Å². The summed E-state index contributed by atoms with van der Waals surface area (Å²) in [6, 6.07) is 20.7. The summed E-state index contributed by atoms with van der Waals surface area (Å²) in [5, 5.41) is 11.8. The molecule has 0 aliphatic rings. The molecule has 0 bridgehead atoms. The number of nitro groups is 1. The van der Waals surface area contributed by atoms with Gasteiger partial charge in [-0.15, -0.1) is 0 Å². The van der Waals surface area contributed by atoms with Crippen molar-refractivity contribution in [3.8, 4) is 22.5 Å². The van der Waals surface area contributed by atoms with Gasteiger partial charge in [-0.3, -0.25) is 20.1 Å². The second-order valence-electron chi connectivity index (χ2n) is 6.09. The molecule has 6 nitrogen and oxygen atoms in total. The number of nitrogens with two attached hydrogens (primary N) is 1. The number of hydrogen-bond acceptors (Lipinski definition) is 5. The van der Waals surface area contributed by atoms with Crippen LogP contribution >= 0.6 is 23.2 Å². The van der Waals surface area contributed by atoms with Gasteiger partial charge in [0.05, 0.1) is 26.4 Å². The highest BCUT2D eigenvalue weighted by Crippen LogP contribution is 2.30. The number of nitro benzene ring substituents is 1. The summed E-state index contributed by atoms with van der Waals surface area (Å²) in [4.78, 5) is 18.5. The van der Waals surface area contributed by atoms with Gasteiger partial charge in [-0.05, 0) is 48.5 Å². The molecule has 0 spiro atoms. The zero-order chi connectivity index (χ0) is 21.5. The molecule has 2 heterocycles. The molecular formula is C22H16Cl2N4O2. The molecule has 4 aromatic rings. The van der Waals surface area contributed by atoms with Crippen LogP contribution in [0.3, 0.4) is 0 Å². The van der Waals surface area contributed by atoms with E-state index in [1.807, 2.05) is 24.3 Å². The highest BCUT2D eigenvalue weighted by atomic mass is 35.5. The Morgan fingerprint density at radius 2 is 1.30 bits per heavy atom. The van der Waals surface area contributed by atoms with Crippen LogP contribution in [0.5, 0.6) is 0 Å². The highest BCUT2D eigenvalue weighted by molar-refractivity contribution is 6.33. The Balaban J connectivity index is 0.000000172. The highest BCUT2D eigenvalue weighted by Gasteiger charge is 2.11. The van der Waals surface area contributed by atoms with E-state index in [2.05, 4.69) is 9.97 Å². The van der Waals surface area contributed by atoms with E-state index in [1.54, 1.807) is 42.7 Å². The zero-order valence-electron chi connectivity index (χ0n) is 15.6. The quantitative estimate of drug-likeness (QED) is 0.230. The number of halogens is 2. The monoisotopic (exact) mass is 438 g/mol. The van der Waals surface area contributed by atoms with Gasteiger partial charge in [-0.1, -0.05) is 35.3 Å². The standard InChI is InChI=1S/C11H7ClN2O2.C11H9ClN2/c12-10-5-4-8(14(15)16)7-9(10)11-3-1-2-6-13-11;12-10-5-4-8(13)7-9(10)11-3-1-2-6-14-11/h1-7H;1-7H,13H2. The third kappa shape index (κ3) is 5.31. The Bertz CT molecular complexity index is 1160. The minimum atomic E-state index is -0.456. The molecule has 0 aliphatic heterocycles. The van der Waals surface area contributed by atoms with Crippen molar-refractivity contribution in [2.45, 2.75) is 0 Å². The van der Waals surface area contributed by atoms with Crippen molar-refractivity contribution in [3.05, 3.63) is 105 Å². The van der Waals surface area contributed by atoms with E-state index in [-0.39, 0.29) is 5.69 Å². The van der Waals surface area contributed by atoms with Crippen molar-refractivity contribution in [1.82, 2.24) is 9.97 Å². The summed E-state index contributed by atoms with van der Waals surface area (Å²) >= 11 is 12.0. The van der Waals surface area contributed by atoms with Gasteiger partial charge in [0.1, 0.15) is 0 Å². The summed E-state index contributed by atoms with van der Waals surface area (Å²) in [7, 11) is 0. The molecule has 2 aromatic heterocycles. The molecule has 2 N–H and O–H groups in total. The van der Waals surface area contributed by atoms with Crippen LogP contribution in [0.1, 0.15) is 0 Å². The van der Waals surface area contributed by atoms with Crippen molar-refractivity contribution in [2.24, 2.45) is 0 Å². The van der Waals surface area contributed by atoms with E-state index >= 15 is 0 Å². The first-order valence-corrected chi connectivity index (χ1v) is 9.53. The maximum absolute atomic E-state index is 10.6. The largest absolute Gasteiger partial charge is 0.399 e. The summed E-state index contributed by atoms with van der Waals surface area (Å²) in [5.74, 6) is 0. The third-order valence-electron chi connectivity index (χ3n) is 4.03. The van der Waals surface area contributed by atoms with Gasteiger partial charge in [0.2, 0.25) is 0 Å². The maximum atomic E-state index is 10.6. The molecule has 0 radical (unpaired) electrons. The summed E-state index contributed by atoms with van der Waals surface area (Å²) in [6.07, 6.45) is 3.35. The lowest BCUT2D eigenvalue weighted by Gasteiger charge is -2.03. The van der Waals surface area contributed by atoms with Crippen LogP contribution in [0.2, 0.25) is 10.0 Å². The molecule has 150 valence electrons. The first-order chi connectivity index (χ1) is 14.5. The van der Waals surface area contributed by atoms with Crippen LogP contribution in [0.25, 0.3) is 22.5 Å². The molecule has 0 fully saturated rings. The van der Waals surface area contributed by atoms with E-state index in [9.17, 15) is 10.1 Å². The predicted molar refractivity (Wildman–Crippen MR) is 120 cm³/mol. The van der Waals surface area contributed by atoms with Gasteiger partial charge in [0.15, 0.2) is 0 Å². The molecular weight excluding hydrogens is 423 g/mol. The van der Waals surface area contributed by atoms with Crippen LogP contribution in [0.4, 0.5) is 11.4 Å². The minimum absolute atomic E-state index is 0.00468. The topological polar surface area (TPSA) is 94.9 Å². The lowest BCUT2D eigenvalue weighted by Crippen LogP contribution is -1.90. The number of aromatic nitrogens is 2. The average Bonchev–Trinajstić information content (AvgIpc) is 2.77. The number of rotatable bonds is 3. The molecule has 2 aromatic carbocycles. The molecule has 0 amide bonds. The fourth-order valence-corrected chi connectivity index (χ4v) is 3.04. The third-order valence-corrected chi connectivity index (χ3v) is 4.69. The van der Waals surface area contributed by atoms with Crippen molar-refractivity contribution in [2.75, 3.05) is 5.73 Å². The van der Waals surface area contributed by atoms with Gasteiger partial charge < -0.3 is 5.73 Å². The second kappa shape index (κ2) is 9.82. The molecule has 0 atom stereocenters. The Labute approximate surface area is 183 Å². The smallest absolute Gasteiger partial charge is 0.270 e. The second-order valence-corrected chi connectivity index (χ2v) is 6.90. The van der Waals surface area contributed by atoms with E-state index < -0.39 is 4.92 Å². The fraction of sp³-hybridized carbons (Fsp3) is 0. The number of nitrogens with zero attached hydrogens (tertiary/aromatic N) is 3. The van der Waals surface area contributed by atoms with Crippen LogP contribution in [0, 0.1) is 10.1 Å². The summed E-state index contributed by atoms with van der Waals surface area (Å²) in [6.45, 7) is 0. The normalized spacial score (nSPS) is 10.1. The first kappa shape index (κ1) is 21.2. The summed E-state index contributed by atoms with van der Waals surface area (Å²) in [5.41, 5.74) is 9.27. The Morgan fingerprint density at radius 1 is 0.767 bits per heavy atom. The number of pyridine rings is 2. The average molecular weight is 439 g/mol. The Morgan fingerprint density at radius 3 is 1.80 bits per heavy atom. The number of non-ortho nitro benzene ring substituents is 1. The minimum Gasteiger partial charge on any atom is -0.399 e. The molecule has 0 aliphatic carbocycles. The number of hydrogen-bond donors (Lipinski definition) is 1.